The van der Waals surface area contributed by atoms with Crippen molar-refractivity contribution in [2.24, 2.45) is 0 Å². The quantitative estimate of drug-likeness (QED) is 0.828. The van der Waals surface area contributed by atoms with E-state index in [0.717, 1.165) is 0 Å². The third-order valence-electron chi connectivity index (χ3n) is 2.62. The van der Waals surface area contributed by atoms with Gasteiger partial charge in [0, 0.05) is 29.6 Å². The SMILES string of the molecule is O=S(=O)(Cl)c1ccc(CNS(=O)(=O)c2cccnc2)cc1. The minimum atomic E-state index is -3.78. The fourth-order valence-electron chi connectivity index (χ4n) is 1.54. The topological polar surface area (TPSA) is 93.2 Å². The van der Waals surface area contributed by atoms with E-state index in [1.54, 1.807) is 0 Å². The zero-order chi connectivity index (χ0) is 15.5. The molecule has 0 aliphatic carbocycles. The van der Waals surface area contributed by atoms with Crippen molar-refractivity contribution in [2.45, 2.75) is 16.3 Å². The van der Waals surface area contributed by atoms with Crippen LogP contribution in [0.25, 0.3) is 0 Å². The van der Waals surface area contributed by atoms with Crippen LogP contribution in [0.15, 0.2) is 58.6 Å². The largest absolute Gasteiger partial charge is 0.263 e. The van der Waals surface area contributed by atoms with Gasteiger partial charge in [0.2, 0.25) is 10.0 Å². The van der Waals surface area contributed by atoms with Crippen LogP contribution in [0, 0.1) is 0 Å². The van der Waals surface area contributed by atoms with Crippen LogP contribution >= 0.6 is 10.7 Å². The molecule has 1 N–H and O–H groups in total. The summed E-state index contributed by atoms with van der Waals surface area (Å²) in [7, 11) is -2.24. The van der Waals surface area contributed by atoms with Gasteiger partial charge in [-0.25, -0.2) is 21.6 Å². The van der Waals surface area contributed by atoms with Crippen LogP contribution < -0.4 is 4.72 Å². The van der Waals surface area contributed by atoms with Crippen molar-refractivity contribution in [3.63, 3.8) is 0 Å². The highest BCUT2D eigenvalue weighted by Gasteiger charge is 2.14. The number of rotatable bonds is 5. The van der Waals surface area contributed by atoms with E-state index in [9.17, 15) is 16.8 Å². The molecule has 9 heteroatoms. The van der Waals surface area contributed by atoms with Crippen LogP contribution in [0.2, 0.25) is 0 Å². The van der Waals surface area contributed by atoms with Crippen LogP contribution in [0.3, 0.4) is 0 Å². The molecule has 2 aromatic rings. The van der Waals surface area contributed by atoms with Gasteiger partial charge in [-0.3, -0.25) is 4.98 Å². The van der Waals surface area contributed by atoms with E-state index in [0.29, 0.717) is 5.56 Å². The van der Waals surface area contributed by atoms with Gasteiger partial charge < -0.3 is 0 Å². The summed E-state index contributed by atoms with van der Waals surface area (Å²) < 4.78 is 48.5. The molecule has 21 heavy (non-hydrogen) atoms. The second-order valence-electron chi connectivity index (χ2n) is 4.10. The Morgan fingerprint density at radius 2 is 1.67 bits per heavy atom. The van der Waals surface area contributed by atoms with E-state index < -0.39 is 19.1 Å². The van der Waals surface area contributed by atoms with Crippen molar-refractivity contribution in [1.82, 2.24) is 9.71 Å². The third-order valence-corrected chi connectivity index (χ3v) is 5.37. The Bertz CT molecular complexity index is 819. The van der Waals surface area contributed by atoms with Gasteiger partial charge in [0.25, 0.3) is 9.05 Å². The number of benzene rings is 1. The molecule has 0 saturated carbocycles. The number of nitrogens with zero attached hydrogens (tertiary/aromatic N) is 1. The molecule has 0 atom stereocenters. The Balaban J connectivity index is 2.10. The molecule has 6 nitrogen and oxygen atoms in total. The first kappa shape index (κ1) is 15.9. The van der Waals surface area contributed by atoms with Gasteiger partial charge in [0.05, 0.1) is 4.90 Å². The number of nitrogens with one attached hydrogen (secondary N) is 1. The maximum Gasteiger partial charge on any atom is 0.261 e. The van der Waals surface area contributed by atoms with Crippen molar-refractivity contribution in [3.05, 3.63) is 54.4 Å². The molecule has 0 spiro atoms. The predicted octanol–water partition coefficient (Wildman–Crippen LogP) is 1.49. The Morgan fingerprint density at radius 3 is 2.19 bits per heavy atom. The fourth-order valence-corrected chi connectivity index (χ4v) is 3.29. The van der Waals surface area contributed by atoms with Crippen LogP contribution in [-0.4, -0.2) is 21.8 Å². The van der Waals surface area contributed by atoms with E-state index in [1.807, 2.05) is 0 Å². The van der Waals surface area contributed by atoms with Gasteiger partial charge in [-0.05, 0) is 29.8 Å². The molecule has 1 aromatic carbocycles. The maximum atomic E-state index is 12.0. The molecule has 1 aromatic heterocycles. The van der Waals surface area contributed by atoms with E-state index in [1.165, 1.54) is 48.8 Å². The van der Waals surface area contributed by atoms with Gasteiger partial charge in [0.1, 0.15) is 4.90 Å². The lowest BCUT2D eigenvalue weighted by atomic mass is 10.2. The van der Waals surface area contributed by atoms with E-state index >= 15 is 0 Å². The van der Waals surface area contributed by atoms with Gasteiger partial charge in [-0.1, -0.05) is 12.1 Å². The molecule has 0 saturated heterocycles. The lowest BCUT2D eigenvalue weighted by molar-refractivity contribution is 0.580. The predicted molar refractivity (Wildman–Crippen MR) is 77.7 cm³/mol. The number of aromatic nitrogens is 1. The number of hydrogen-bond donors (Lipinski definition) is 1. The van der Waals surface area contributed by atoms with E-state index in [4.69, 9.17) is 10.7 Å². The normalized spacial score (nSPS) is 12.2. The zero-order valence-electron chi connectivity index (χ0n) is 10.6. The van der Waals surface area contributed by atoms with Gasteiger partial charge in [-0.15, -0.1) is 0 Å². The van der Waals surface area contributed by atoms with Crippen LogP contribution in [0.1, 0.15) is 5.56 Å². The van der Waals surface area contributed by atoms with Crippen molar-refractivity contribution in [2.75, 3.05) is 0 Å². The highest BCUT2D eigenvalue weighted by Crippen LogP contribution is 2.15. The zero-order valence-corrected chi connectivity index (χ0v) is 13.0. The van der Waals surface area contributed by atoms with Crippen molar-refractivity contribution in [1.29, 1.82) is 0 Å². The number of halogens is 1. The lowest BCUT2D eigenvalue weighted by Crippen LogP contribution is -2.23. The first-order valence-electron chi connectivity index (χ1n) is 5.72. The second-order valence-corrected chi connectivity index (χ2v) is 8.43. The Morgan fingerprint density at radius 1 is 1.00 bits per heavy atom. The molecule has 2 rings (SSSR count). The minimum Gasteiger partial charge on any atom is -0.263 e. The summed E-state index contributed by atoms with van der Waals surface area (Å²) in [6.45, 7) is 0.0276. The Labute approximate surface area is 127 Å². The smallest absolute Gasteiger partial charge is 0.261 e. The third kappa shape index (κ3) is 4.24. The average molecular weight is 347 g/mol. The first-order valence-corrected chi connectivity index (χ1v) is 9.51. The standard InChI is InChI=1S/C12H11ClN2O4S2/c13-20(16,17)11-5-3-10(4-6-11)8-15-21(18,19)12-2-1-7-14-9-12/h1-7,9,15H,8H2. The summed E-state index contributed by atoms with van der Waals surface area (Å²) in [5.41, 5.74) is 0.603. The van der Waals surface area contributed by atoms with Gasteiger partial charge in [-0.2, -0.15) is 0 Å². The first-order chi connectivity index (χ1) is 9.79. The Hall–Kier alpha value is -1.48. The number of pyridine rings is 1. The lowest BCUT2D eigenvalue weighted by Gasteiger charge is -2.06. The molecule has 1 heterocycles. The summed E-state index contributed by atoms with van der Waals surface area (Å²) in [4.78, 5) is 3.77. The average Bonchev–Trinajstić information content (AvgIpc) is 2.46. The minimum absolute atomic E-state index is 0.0276. The molecular weight excluding hydrogens is 336 g/mol. The second kappa shape index (κ2) is 6.10. The van der Waals surface area contributed by atoms with Crippen LogP contribution in [0.4, 0.5) is 0 Å². The summed E-state index contributed by atoms with van der Waals surface area (Å²) in [5, 5.41) is 0. The molecule has 0 unspecified atom stereocenters. The summed E-state index contributed by atoms with van der Waals surface area (Å²) in [6, 6.07) is 8.56. The highest BCUT2D eigenvalue weighted by molar-refractivity contribution is 8.13. The number of sulfonamides is 1. The van der Waals surface area contributed by atoms with E-state index in [2.05, 4.69) is 9.71 Å². The van der Waals surface area contributed by atoms with Gasteiger partial charge >= 0.3 is 0 Å². The number of hydrogen-bond acceptors (Lipinski definition) is 5. The molecule has 0 aliphatic rings. The summed E-state index contributed by atoms with van der Waals surface area (Å²) in [6.07, 6.45) is 2.72. The maximum absolute atomic E-state index is 12.0. The summed E-state index contributed by atoms with van der Waals surface area (Å²) in [5.74, 6) is 0. The monoisotopic (exact) mass is 346 g/mol. The molecule has 112 valence electrons. The molecule has 0 amide bonds. The van der Waals surface area contributed by atoms with E-state index in [-0.39, 0.29) is 16.3 Å². The molecule has 0 fully saturated rings. The summed E-state index contributed by atoms with van der Waals surface area (Å²) >= 11 is 0. The van der Waals surface area contributed by atoms with Crippen molar-refractivity contribution >= 4 is 29.8 Å². The fraction of sp³-hybridized carbons (Fsp3) is 0.0833. The molecule has 0 aliphatic heterocycles. The van der Waals surface area contributed by atoms with Crippen LogP contribution in [0.5, 0.6) is 0 Å². The van der Waals surface area contributed by atoms with Crippen molar-refractivity contribution in [3.8, 4) is 0 Å². The Kier molecular flexibility index (Phi) is 4.62. The molecule has 0 bridgehead atoms. The molecule has 0 radical (unpaired) electrons. The van der Waals surface area contributed by atoms with Crippen molar-refractivity contribution < 1.29 is 16.8 Å². The molecular formula is C12H11ClN2O4S2. The van der Waals surface area contributed by atoms with Gasteiger partial charge in [0.15, 0.2) is 0 Å². The van der Waals surface area contributed by atoms with Crippen LogP contribution in [-0.2, 0) is 25.6 Å². The highest BCUT2D eigenvalue weighted by atomic mass is 35.7.